The van der Waals surface area contributed by atoms with E-state index < -0.39 is 11.7 Å². The molecule has 25 heavy (non-hydrogen) atoms. The molecule has 0 saturated carbocycles. The lowest BCUT2D eigenvalue weighted by Crippen LogP contribution is -2.43. The van der Waals surface area contributed by atoms with E-state index in [1.165, 1.54) is 0 Å². The normalized spacial score (nSPS) is 14.8. The fourth-order valence-electron chi connectivity index (χ4n) is 2.34. The molecule has 1 heterocycles. The van der Waals surface area contributed by atoms with Crippen molar-refractivity contribution < 1.29 is 14.3 Å². The molecule has 0 aliphatic carbocycles. The minimum atomic E-state index is -0.701. The standard InChI is InChI=1S/C16H22N6O3/c1-16(2,3)25-15(24)22-11-6-5-10(20-14(19)21-13(17)18)8-9(11)4-7-12(22)23/h5-6,8H,4,7H2,1-3H3,(H6,17,18,19,20,21). The average Bonchev–Trinajstić information content (AvgIpc) is 2.44. The van der Waals surface area contributed by atoms with E-state index in [0.717, 1.165) is 10.5 Å². The van der Waals surface area contributed by atoms with E-state index in [0.29, 0.717) is 17.8 Å². The summed E-state index contributed by atoms with van der Waals surface area (Å²) < 4.78 is 5.32. The number of aryl methyl sites for hydroxylation is 1. The van der Waals surface area contributed by atoms with Gasteiger partial charge in [0.25, 0.3) is 0 Å². The predicted octanol–water partition coefficient (Wildman–Crippen LogP) is 1.12. The number of hydrogen-bond acceptors (Lipinski definition) is 4. The largest absolute Gasteiger partial charge is 0.443 e. The Hall–Kier alpha value is -3.10. The van der Waals surface area contributed by atoms with Crippen molar-refractivity contribution in [3.63, 3.8) is 0 Å². The van der Waals surface area contributed by atoms with E-state index in [4.69, 9.17) is 21.9 Å². The smallest absolute Gasteiger partial charge is 0.421 e. The van der Waals surface area contributed by atoms with Gasteiger partial charge in [-0.2, -0.15) is 4.99 Å². The Kier molecular flexibility index (Phi) is 4.96. The average molecular weight is 346 g/mol. The van der Waals surface area contributed by atoms with Gasteiger partial charge in [-0.3, -0.25) is 4.79 Å². The number of carbonyl (C=O) groups excluding carboxylic acids is 2. The number of imide groups is 1. The molecular formula is C16H22N6O3. The number of hydrogen-bond donors (Lipinski definition) is 3. The van der Waals surface area contributed by atoms with Crippen LogP contribution in [0.4, 0.5) is 16.2 Å². The fraction of sp³-hybridized carbons (Fsp3) is 0.375. The van der Waals surface area contributed by atoms with Crippen molar-refractivity contribution in [3.8, 4) is 0 Å². The van der Waals surface area contributed by atoms with Crippen LogP contribution in [0.3, 0.4) is 0 Å². The Morgan fingerprint density at radius 1 is 1.20 bits per heavy atom. The van der Waals surface area contributed by atoms with Gasteiger partial charge in [0.1, 0.15) is 5.60 Å². The molecule has 1 aromatic carbocycles. The maximum absolute atomic E-state index is 12.4. The van der Waals surface area contributed by atoms with Crippen LogP contribution >= 0.6 is 0 Å². The molecule has 0 radical (unpaired) electrons. The summed E-state index contributed by atoms with van der Waals surface area (Å²) in [4.78, 5) is 33.3. The molecule has 1 aliphatic heterocycles. The number of benzene rings is 1. The Morgan fingerprint density at radius 2 is 1.88 bits per heavy atom. The Labute approximate surface area is 145 Å². The van der Waals surface area contributed by atoms with Gasteiger partial charge in [-0.25, -0.2) is 14.7 Å². The topological polar surface area (TPSA) is 149 Å². The molecule has 2 amide bonds. The molecule has 0 atom stereocenters. The van der Waals surface area contributed by atoms with Crippen LogP contribution in [0.1, 0.15) is 32.8 Å². The second-order valence-corrected chi connectivity index (χ2v) is 6.53. The number of ether oxygens (including phenoxy) is 1. The van der Waals surface area contributed by atoms with Crippen LogP contribution in [-0.4, -0.2) is 29.5 Å². The molecule has 1 aromatic rings. The maximum atomic E-state index is 12.4. The predicted molar refractivity (Wildman–Crippen MR) is 95.6 cm³/mol. The summed E-state index contributed by atoms with van der Waals surface area (Å²) in [5, 5.41) is 0. The van der Waals surface area contributed by atoms with Crippen molar-refractivity contribution in [2.45, 2.75) is 39.2 Å². The summed E-state index contributed by atoms with van der Waals surface area (Å²) >= 11 is 0. The monoisotopic (exact) mass is 346 g/mol. The second kappa shape index (κ2) is 6.80. The van der Waals surface area contributed by atoms with Gasteiger partial charge in [0.2, 0.25) is 11.9 Å². The van der Waals surface area contributed by atoms with Crippen molar-refractivity contribution in [1.29, 1.82) is 0 Å². The molecule has 1 aliphatic rings. The van der Waals surface area contributed by atoms with Gasteiger partial charge in [-0.15, -0.1) is 0 Å². The van der Waals surface area contributed by atoms with Crippen LogP contribution in [0.15, 0.2) is 28.2 Å². The summed E-state index contributed by atoms with van der Waals surface area (Å²) in [7, 11) is 0. The zero-order valence-corrected chi connectivity index (χ0v) is 14.4. The molecule has 2 rings (SSSR count). The van der Waals surface area contributed by atoms with Crippen molar-refractivity contribution in [2.75, 3.05) is 4.90 Å². The third-order valence-electron chi connectivity index (χ3n) is 3.22. The SMILES string of the molecule is CC(C)(C)OC(=O)N1C(=O)CCc2cc(N=C(N)N=C(N)N)ccc21. The molecule has 9 nitrogen and oxygen atoms in total. The summed E-state index contributed by atoms with van der Waals surface area (Å²) in [6.07, 6.45) is -0.0170. The number of nitrogens with two attached hydrogens (primary N) is 3. The highest BCUT2D eigenvalue weighted by atomic mass is 16.6. The minimum absolute atomic E-state index is 0.0872. The van der Waals surface area contributed by atoms with E-state index in [-0.39, 0.29) is 24.2 Å². The van der Waals surface area contributed by atoms with Crippen LogP contribution in [0.25, 0.3) is 0 Å². The van der Waals surface area contributed by atoms with E-state index >= 15 is 0 Å². The zero-order chi connectivity index (χ0) is 18.8. The number of nitrogens with zero attached hydrogens (tertiary/aromatic N) is 3. The Balaban J connectivity index is 2.35. The molecule has 0 fully saturated rings. The lowest BCUT2D eigenvalue weighted by molar-refractivity contribution is -0.118. The number of fused-ring (bicyclic) bond motifs is 1. The van der Waals surface area contributed by atoms with Crippen LogP contribution in [0.2, 0.25) is 0 Å². The third-order valence-corrected chi connectivity index (χ3v) is 3.22. The maximum Gasteiger partial charge on any atom is 0.421 e. The molecule has 0 aromatic heterocycles. The molecule has 9 heteroatoms. The number of aliphatic imine (C=N–C) groups is 2. The van der Waals surface area contributed by atoms with Crippen molar-refractivity contribution >= 4 is 35.3 Å². The van der Waals surface area contributed by atoms with Gasteiger partial charge in [0.15, 0.2) is 5.96 Å². The number of amides is 2. The molecular weight excluding hydrogens is 324 g/mol. The Morgan fingerprint density at radius 3 is 2.48 bits per heavy atom. The number of anilines is 1. The lowest BCUT2D eigenvalue weighted by Gasteiger charge is -2.30. The number of rotatable bonds is 1. The molecule has 134 valence electrons. The van der Waals surface area contributed by atoms with Crippen LogP contribution in [0, 0.1) is 0 Å². The highest BCUT2D eigenvalue weighted by Gasteiger charge is 2.33. The molecule has 0 spiro atoms. The molecule has 0 unspecified atom stereocenters. The first-order valence-electron chi connectivity index (χ1n) is 7.69. The molecule has 6 N–H and O–H groups in total. The van der Waals surface area contributed by atoms with Gasteiger partial charge in [0.05, 0.1) is 11.4 Å². The van der Waals surface area contributed by atoms with Crippen molar-refractivity contribution in [3.05, 3.63) is 23.8 Å². The van der Waals surface area contributed by atoms with Gasteiger partial charge in [-0.05, 0) is 51.0 Å². The van der Waals surface area contributed by atoms with Crippen LogP contribution in [0.5, 0.6) is 0 Å². The first kappa shape index (κ1) is 18.2. The van der Waals surface area contributed by atoms with E-state index in [1.54, 1.807) is 39.0 Å². The third kappa shape index (κ3) is 4.69. The van der Waals surface area contributed by atoms with Crippen molar-refractivity contribution in [1.82, 2.24) is 0 Å². The first-order chi connectivity index (χ1) is 11.6. The van der Waals surface area contributed by atoms with Crippen LogP contribution in [-0.2, 0) is 16.0 Å². The van der Waals surface area contributed by atoms with Gasteiger partial charge >= 0.3 is 6.09 Å². The zero-order valence-electron chi connectivity index (χ0n) is 14.4. The van der Waals surface area contributed by atoms with E-state index in [1.807, 2.05) is 0 Å². The highest BCUT2D eigenvalue weighted by molar-refractivity contribution is 6.14. The van der Waals surface area contributed by atoms with Crippen molar-refractivity contribution in [2.24, 2.45) is 27.2 Å². The quantitative estimate of drug-likeness (QED) is 0.512. The minimum Gasteiger partial charge on any atom is -0.443 e. The lowest BCUT2D eigenvalue weighted by atomic mass is 10.0. The van der Waals surface area contributed by atoms with E-state index in [2.05, 4.69) is 9.98 Å². The van der Waals surface area contributed by atoms with Crippen LogP contribution < -0.4 is 22.1 Å². The summed E-state index contributed by atoms with van der Waals surface area (Å²) in [5.74, 6) is -0.588. The summed E-state index contributed by atoms with van der Waals surface area (Å²) in [6.45, 7) is 5.22. The Bertz CT molecular complexity index is 760. The van der Waals surface area contributed by atoms with Gasteiger partial charge < -0.3 is 21.9 Å². The molecule has 0 bridgehead atoms. The van der Waals surface area contributed by atoms with Gasteiger partial charge in [-0.1, -0.05) is 0 Å². The summed E-state index contributed by atoms with van der Waals surface area (Å²) in [5.41, 5.74) is 17.2. The fourth-order valence-corrected chi connectivity index (χ4v) is 2.34. The summed E-state index contributed by atoms with van der Waals surface area (Å²) in [6, 6.07) is 4.97. The highest BCUT2D eigenvalue weighted by Crippen LogP contribution is 2.32. The molecule has 0 saturated heterocycles. The number of guanidine groups is 2. The number of carbonyl (C=O) groups is 2. The van der Waals surface area contributed by atoms with Gasteiger partial charge in [0, 0.05) is 6.42 Å². The second-order valence-electron chi connectivity index (χ2n) is 6.53. The first-order valence-corrected chi connectivity index (χ1v) is 7.69. The van der Waals surface area contributed by atoms with E-state index in [9.17, 15) is 9.59 Å².